The van der Waals surface area contributed by atoms with Crippen LogP contribution < -0.4 is 10.1 Å². The average molecular weight is 391 g/mol. The van der Waals surface area contributed by atoms with E-state index in [0.717, 1.165) is 16.0 Å². The second-order valence-corrected chi connectivity index (χ2v) is 7.60. The summed E-state index contributed by atoms with van der Waals surface area (Å²) in [5, 5.41) is 3.47. The Kier molecular flexibility index (Phi) is 6.12. The van der Waals surface area contributed by atoms with Gasteiger partial charge in [0.1, 0.15) is 5.75 Å². The number of benzene rings is 1. The molecule has 146 valence electrons. The normalized spacial score (nSPS) is 15.0. The third-order valence-electron chi connectivity index (χ3n) is 4.31. The fourth-order valence-electron chi connectivity index (χ4n) is 2.96. The van der Waals surface area contributed by atoms with E-state index in [2.05, 4.69) is 15.2 Å². The summed E-state index contributed by atoms with van der Waals surface area (Å²) in [5.74, 6) is 0.711. The lowest BCUT2D eigenvalue weighted by atomic mass is 10.3. The Morgan fingerprint density at radius 2 is 2.00 bits per heavy atom. The quantitative estimate of drug-likeness (QED) is 0.843. The van der Waals surface area contributed by atoms with E-state index < -0.39 is 0 Å². The van der Waals surface area contributed by atoms with Crippen LogP contribution in [0.2, 0.25) is 0 Å². The zero-order chi connectivity index (χ0) is 19.4. The van der Waals surface area contributed by atoms with Crippen LogP contribution in [0.25, 0.3) is 10.2 Å². The molecule has 8 nitrogen and oxygen atoms in total. The van der Waals surface area contributed by atoms with Crippen molar-refractivity contribution in [1.29, 1.82) is 0 Å². The third kappa shape index (κ3) is 4.86. The summed E-state index contributed by atoms with van der Waals surface area (Å²) in [6.45, 7) is 5.48. The molecule has 3 rings (SSSR count). The average Bonchev–Trinajstić information content (AvgIpc) is 3.03. The fourth-order valence-corrected chi connectivity index (χ4v) is 3.87. The Labute approximate surface area is 162 Å². The molecule has 1 aromatic carbocycles. The minimum atomic E-state index is -0.0912. The summed E-state index contributed by atoms with van der Waals surface area (Å²) >= 11 is 1.44. The summed E-state index contributed by atoms with van der Waals surface area (Å²) in [5.41, 5.74) is 0.842. The molecular formula is C18H25N5O3S. The number of hydrogen-bond acceptors (Lipinski definition) is 6. The predicted molar refractivity (Wildman–Crippen MR) is 107 cm³/mol. The number of anilines is 1. The van der Waals surface area contributed by atoms with Gasteiger partial charge >= 0.3 is 6.03 Å². The van der Waals surface area contributed by atoms with E-state index in [-0.39, 0.29) is 11.9 Å². The van der Waals surface area contributed by atoms with Crippen molar-refractivity contribution >= 4 is 38.6 Å². The maximum absolute atomic E-state index is 12.4. The van der Waals surface area contributed by atoms with Crippen molar-refractivity contribution < 1.29 is 14.3 Å². The summed E-state index contributed by atoms with van der Waals surface area (Å²) in [6, 6.07) is 5.73. The van der Waals surface area contributed by atoms with Gasteiger partial charge in [0.2, 0.25) is 5.91 Å². The number of thiazole rings is 1. The van der Waals surface area contributed by atoms with Crippen molar-refractivity contribution in [3.8, 4) is 5.75 Å². The number of ether oxygens (including phenoxy) is 1. The summed E-state index contributed by atoms with van der Waals surface area (Å²) < 4.78 is 6.48. The Morgan fingerprint density at radius 3 is 2.67 bits per heavy atom. The lowest BCUT2D eigenvalue weighted by Gasteiger charge is -2.35. The Hall–Kier alpha value is -2.39. The van der Waals surface area contributed by atoms with Crippen LogP contribution >= 0.6 is 11.3 Å². The van der Waals surface area contributed by atoms with Crippen LogP contribution in [0.4, 0.5) is 9.93 Å². The Morgan fingerprint density at radius 1 is 1.26 bits per heavy atom. The zero-order valence-electron chi connectivity index (χ0n) is 15.9. The third-order valence-corrected chi connectivity index (χ3v) is 5.24. The molecule has 1 saturated heterocycles. The Bertz CT molecular complexity index is 814. The van der Waals surface area contributed by atoms with E-state index in [1.807, 2.05) is 25.1 Å². The molecule has 1 aromatic heterocycles. The second kappa shape index (κ2) is 8.53. The monoisotopic (exact) mass is 391 g/mol. The molecule has 1 aliphatic heterocycles. The molecule has 0 unspecified atom stereocenters. The van der Waals surface area contributed by atoms with Crippen molar-refractivity contribution in [1.82, 2.24) is 19.7 Å². The van der Waals surface area contributed by atoms with Gasteiger partial charge in [-0.3, -0.25) is 9.69 Å². The van der Waals surface area contributed by atoms with E-state index in [1.54, 1.807) is 23.9 Å². The van der Waals surface area contributed by atoms with Crippen LogP contribution in [-0.2, 0) is 4.79 Å². The molecule has 0 bridgehead atoms. The first-order valence-corrected chi connectivity index (χ1v) is 9.79. The van der Waals surface area contributed by atoms with E-state index in [1.165, 1.54) is 11.3 Å². The number of nitrogens with one attached hydrogen (secondary N) is 1. The maximum atomic E-state index is 12.4. The fraction of sp³-hybridized carbons (Fsp3) is 0.500. The van der Waals surface area contributed by atoms with Crippen molar-refractivity contribution in [2.45, 2.75) is 6.92 Å². The molecule has 0 aliphatic carbocycles. The van der Waals surface area contributed by atoms with Gasteiger partial charge in [0.15, 0.2) is 5.13 Å². The number of urea groups is 1. The SMILES string of the molecule is CCOc1ccc2nc(NC(=O)CN3CCN(C(=O)N(C)C)CC3)sc2c1. The second-order valence-electron chi connectivity index (χ2n) is 6.57. The molecule has 27 heavy (non-hydrogen) atoms. The molecule has 9 heteroatoms. The van der Waals surface area contributed by atoms with Gasteiger partial charge < -0.3 is 19.9 Å². The molecule has 0 spiro atoms. The predicted octanol–water partition coefficient (Wildman–Crippen LogP) is 1.93. The smallest absolute Gasteiger partial charge is 0.319 e. The molecular weight excluding hydrogens is 366 g/mol. The van der Waals surface area contributed by atoms with E-state index in [0.29, 0.717) is 44.5 Å². The lowest BCUT2D eigenvalue weighted by Crippen LogP contribution is -2.52. The summed E-state index contributed by atoms with van der Waals surface area (Å²) in [7, 11) is 3.50. The largest absolute Gasteiger partial charge is 0.494 e. The van der Waals surface area contributed by atoms with Gasteiger partial charge in [-0.15, -0.1) is 0 Å². The minimum absolute atomic E-state index is 0.0139. The van der Waals surface area contributed by atoms with Crippen molar-refractivity contribution in [3.63, 3.8) is 0 Å². The lowest BCUT2D eigenvalue weighted by molar-refractivity contribution is -0.117. The minimum Gasteiger partial charge on any atom is -0.494 e. The number of rotatable bonds is 5. The first-order chi connectivity index (χ1) is 13.0. The van der Waals surface area contributed by atoms with Gasteiger partial charge in [-0.1, -0.05) is 11.3 Å². The molecule has 2 heterocycles. The van der Waals surface area contributed by atoms with Gasteiger partial charge in [-0.05, 0) is 25.1 Å². The van der Waals surface area contributed by atoms with Gasteiger partial charge in [-0.2, -0.15) is 0 Å². The molecule has 1 aliphatic rings. The van der Waals surface area contributed by atoms with Crippen molar-refractivity contribution in [2.24, 2.45) is 0 Å². The zero-order valence-corrected chi connectivity index (χ0v) is 16.7. The molecule has 0 radical (unpaired) electrons. The topological polar surface area (TPSA) is 78.0 Å². The Balaban J connectivity index is 1.52. The van der Waals surface area contributed by atoms with Crippen molar-refractivity contribution in [3.05, 3.63) is 18.2 Å². The maximum Gasteiger partial charge on any atom is 0.319 e. The van der Waals surface area contributed by atoms with Gasteiger partial charge in [0, 0.05) is 40.3 Å². The van der Waals surface area contributed by atoms with Crippen LogP contribution in [-0.4, -0.2) is 85.0 Å². The highest BCUT2D eigenvalue weighted by Gasteiger charge is 2.23. The van der Waals surface area contributed by atoms with Gasteiger partial charge in [0.25, 0.3) is 0 Å². The van der Waals surface area contributed by atoms with Crippen LogP contribution in [0, 0.1) is 0 Å². The molecule has 0 atom stereocenters. The van der Waals surface area contributed by atoms with E-state index >= 15 is 0 Å². The number of carbonyl (C=O) groups is 2. The van der Waals surface area contributed by atoms with Crippen LogP contribution in [0.1, 0.15) is 6.92 Å². The first kappa shape index (κ1) is 19.4. The van der Waals surface area contributed by atoms with Gasteiger partial charge in [-0.25, -0.2) is 9.78 Å². The number of aromatic nitrogens is 1. The van der Waals surface area contributed by atoms with Crippen LogP contribution in [0.5, 0.6) is 5.75 Å². The molecule has 1 N–H and O–H groups in total. The first-order valence-electron chi connectivity index (χ1n) is 8.98. The number of amides is 3. The van der Waals surface area contributed by atoms with Crippen molar-refractivity contribution in [2.75, 3.05) is 58.7 Å². The molecule has 0 saturated carbocycles. The molecule has 2 aromatic rings. The van der Waals surface area contributed by atoms with E-state index in [4.69, 9.17) is 4.74 Å². The number of hydrogen-bond donors (Lipinski definition) is 1. The highest BCUT2D eigenvalue weighted by Crippen LogP contribution is 2.29. The van der Waals surface area contributed by atoms with E-state index in [9.17, 15) is 9.59 Å². The number of fused-ring (bicyclic) bond motifs is 1. The highest BCUT2D eigenvalue weighted by atomic mass is 32.1. The highest BCUT2D eigenvalue weighted by molar-refractivity contribution is 7.22. The number of piperazine rings is 1. The van der Waals surface area contributed by atoms with Crippen LogP contribution in [0.3, 0.4) is 0 Å². The molecule has 1 fully saturated rings. The number of carbonyl (C=O) groups excluding carboxylic acids is 2. The van der Waals surface area contributed by atoms with Gasteiger partial charge in [0.05, 0.1) is 23.4 Å². The number of nitrogens with zero attached hydrogens (tertiary/aromatic N) is 4. The summed E-state index contributed by atoms with van der Waals surface area (Å²) in [4.78, 5) is 34.2. The molecule has 3 amide bonds. The standard InChI is InChI=1S/C18H25N5O3S/c1-4-26-13-5-6-14-15(11-13)27-17(19-14)20-16(24)12-22-7-9-23(10-8-22)18(25)21(2)3/h5-6,11H,4,7-10,12H2,1-3H3,(H,19,20,24). The summed E-state index contributed by atoms with van der Waals surface area (Å²) in [6.07, 6.45) is 0. The van der Waals surface area contributed by atoms with Crippen LogP contribution in [0.15, 0.2) is 18.2 Å².